The van der Waals surface area contributed by atoms with Crippen LogP contribution in [-0.4, -0.2) is 52.9 Å². The summed E-state index contributed by atoms with van der Waals surface area (Å²) in [6, 6.07) is 0.216. The van der Waals surface area contributed by atoms with E-state index in [2.05, 4.69) is 5.32 Å². The van der Waals surface area contributed by atoms with Crippen molar-refractivity contribution < 1.29 is 16.8 Å². The van der Waals surface area contributed by atoms with Crippen LogP contribution in [0.3, 0.4) is 0 Å². The van der Waals surface area contributed by atoms with Gasteiger partial charge in [-0.2, -0.15) is 0 Å². The molecule has 0 aromatic heterocycles. The molecule has 0 aromatic rings. The Bertz CT molecular complexity index is 455. The fourth-order valence-electron chi connectivity index (χ4n) is 2.46. The molecular weight excluding hydrogens is 262 g/mol. The minimum atomic E-state index is -3.30. The van der Waals surface area contributed by atoms with Gasteiger partial charge >= 0.3 is 0 Å². The lowest BCUT2D eigenvalue weighted by Crippen LogP contribution is -2.36. The highest BCUT2D eigenvalue weighted by Crippen LogP contribution is 2.31. The van der Waals surface area contributed by atoms with Crippen LogP contribution < -0.4 is 5.32 Å². The van der Waals surface area contributed by atoms with Crippen LogP contribution in [0, 0.1) is 5.92 Å². The Balaban J connectivity index is 2.72. The van der Waals surface area contributed by atoms with Gasteiger partial charge < -0.3 is 5.32 Å². The normalized spacial score (nSPS) is 30.6. The van der Waals surface area contributed by atoms with Crippen molar-refractivity contribution in [3.05, 3.63) is 0 Å². The maximum absolute atomic E-state index is 12.1. The van der Waals surface area contributed by atoms with Gasteiger partial charge in [-0.15, -0.1) is 0 Å². The van der Waals surface area contributed by atoms with Gasteiger partial charge in [-0.05, 0) is 25.8 Å². The third kappa shape index (κ3) is 3.93. The number of hydrogen-bond acceptors (Lipinski definition) is 5. The zero-order valence-electron chi connectivity index (χ0n) is 10.5. The van der Waals surface area contributed by atoms with Gasteiger partial charge in [-0.25, -0.2) is 16.8 Å². The number of hydrogen-bond donors (Lipinski definition) is 1. The van der Waals surface area contributed by atoms with E-state index >= 15 is 0 Å². The Morgan fingerprint density at radius 3 is 2.12 bits per heavy atom. The zero-order chi connectivity index (χ0) is 13.3. The molecule has 1 fully saturated rings. The Labute approximate surface area is 104 Å². The average Bonchev–Trinajstić information content (AvgIpc) is 2.56. The number of rotatable bonds is 5. The second-order valence-corrected chi connectivity index (χ2v) is 9.47. The lowest BCUT2D eigenvalue weighted by molar-refractivity contribution is 0.453. The van der Waals surface area contributed by atoms with Crippen molar-refractivity contribution in [1.29, 1.82) is 0 Å². The maximum atomic E-state index is 12.1. The minimum absolute atomic E-state index is 0.0459. The molecule has 0 aliphatic heterocycles. The quantitative estimate of drug-likeness (QED) is 0.758. The van der Waals surface area contributed by atoms with Crippen LogP contribution in [0.2, 0.25) is 0 Å². The first-order chi connectivity index (χ1) is 7.67. The van der Waals surface area contributed by atoms with Gasteiger partial charge in [-0.1, -0.05) is 6.92 Å². The molecule has 0 heterocycles. The largest absolute Gasteiger partial charge is 0.317 e. The summed E-state index contributed by atoms with van der Waals surface area (Å²) >= 11 is 0. The maximum Gasteiger partial charge on any atom is 0.154 e. The van der Waals surface area contributed by atoms with E-state index in [9.17, 15) is 16.8 Å². The monoisotopic (exact) mass is 283 g/mol. The van der Waals surface area contributed by atoms with E-state index in [0.717, 1.165) is 12.7 Å². The molecule has 7 heteroatoms. The molecule has 0 bridgehead atoms. The molecular formula is C10H21NO4S2. The smallest absolute Gasteiger partial charge is 0.154 e. The summed E-state index contributed by atoms with van der Waals surface area (Å²) in [5.41, 5.74) is 0. The van der Waals surface area contributed by atoms with E-state index < -0.39 is 24.9 Å². The summed E-state index contributed by atoms with van der Waals surface area (Å²) in [4.78, 5) is 0. The molecule has 1 aliphatic carbocycles. The summed E-state index contributed by atoms with van der Waals surface area (Å²) in [7, 11) is -4.70. The van der Waals surface area contributed by atoms with Gasteiger partial charge in [-0.3, -0.25) is 0 Å². The van der Waals surface area contributed by atoms with Crippen LogP contribution in [0.1, 0.15) is 19.8 Å². The first-order valence-electron chi connectivity index (χ1n) is 5.74. The SMILES string of the molecule is CNC1CCC(S(=O)(=O)CCS(C)(=O)=O)C1C. The van der Waals surface area contributed by atoms with Crippen molar-refractivity contribution in [3.63, 3.8) is 0 Å². The van der Waals surface area contributed by atoms with E-state index in [4.69, 9.17) is 0 Å². The van der Waals surface area contributed by atoms with Crippen molar-refractivity contribution in [1.82, 2.24) is 5.32 Å². The average molecular weight is 283 g/mol. The standard InChI is InChI=1S/C10H21NO4S2/c1-8-9(11-2)4-5-10(8)17(14,15)7-6-16(3,12)13/h8-11H,4-7H2,1-3H3. The van der Waals surface area contributed by atoms with E-state index in [1.807, 2.05) is 14.0 Å². The van der Waals surface area contributed by atoms with E-state index in [0.29, 0.717) is 6.42 Å². The Morgan fingerprint density at radius 2 is 1.71 bits per heavy atom. The number of sulfone groups is 2. The number of nitrogens with one attached hydrogen (secondary N) is 1. The lowest BCUT2D eigenvalue weighted by atomic mass is 10.1. The van der Waals surface area contributed by atoms with Crippen LogP contribution in [0.5, 0.6) is 0 Å². The fourth-order valence-corrected chi connectivity index (χ4v) is 6.24. The summed E-state index contributed by atoms with van der Waals surface area (Å²) in [5, 5.41) is 2.70. The Morgan fingerprint density at radius 1 is 1.12 bits per heavy atom. The lowest BCUT2D eigenvalue weighted by Gasteiger charge is -2.20. The highest BCUT2D eigenvalue weighted by molar-refractivity contribution is 7.95. The summed E-state index contributed by atoms with van der Waals surface area (Å²) < 4.78 is 46.2. The summed E-state index contributed by atoms with van der Waals surface area (Å²) in [5.74, 6) is -0.482. The van der Waals surface area contributed by atoms with Gasteiger partial charge in [0.25, 0.3) is 0 Å². The predicted octanol–water partition coefficient (Wildman–Crippen LogP) is -0.168. The molecule has 3 atom stereocenters. The van der Waals surface area contributed by atoms with Gasteiger partial charge in [0, 0.05) is 12.3 Å². The fraction of sp³-hybridized carbons (Fsp3) is 1.00. The predicted molar refractivity (Wildman–Crippen MR) is 68.5 cm³/mol. The third-order valence-electron chi connectivity index (χ3n) is 3.55. The molecule has 0 radical (unpaired) electrons. The molecule has 1 saturated carbocycles. The minimum Gasteiger partial charge on any atom is -0.317 e. The van der Waals surface area contributed by atoms with Crippen molar-refractivity contribution in [2.75, 3.05) is 24.8 Å². The van der Waals surface area contributed by atoms with Crippen LogP contribution in [-0.2, 0) is 19.7 Å². The Kier molecular flexibility index (Phi) is 4.60. The van der Waals surface area contributed by atoms with Crippen LogP contribution in [0.4, 0.5) is 0 Å². The van der Waals surface area contributed by atoms with E-state index in [1.165, 1.54) is 0 Å². The van der Waals surface area contributed by atoms with Gasteiger partial charge in [0.2, 0.25) is 0 Å². The second-order valence-electron chi connectivity index (χ2n) is 4.87. The molecule has 17 heavy (non-hydrogen) atoms. The van der Waals surface area contributed by atoms with E-state index in [1.54, 1.807) is 0 Å². The molecule has 1 rings (SSSR count). The highest BCUT2D eigenvalue weighted by atomic mass is 32.2. The van der Waals surface area contributed by atoms with Gasteiger partial charge in [0.05, 0.1) is 16.8 Å². The molecule has 0 spiro atoms. The van der Waals surface area contributed by atoms with Gasteiger partial charge in [0.1, 0.15) is 9.84 Å². The summed E-state index contributed by atoms with van der Waals surface area (Å²) in [6.45, 7) is 1.91. The topological polar surface area (TPSA) is 80.3 Å². The van der Waals surface area contributed by atoms with Crippen molar-refractivity contribution in [2.45, 2.75) is 31.1 Å². The van der Waals surface area contributed by atoms with Crippen LogP contribution in [0.25, 0.3) is 0 Å². The van der Waals surface area contributed by atoms with Crippen molar-refractivity contribution >= 4 is 19.7 Å². The molecule has 1 aliphatic rings. The second kappa shape index (κ2) is 5.24. The highest BCUT2D eigenvalue weighted by Gasteiger charge is 2.40. The first-order valence-corrected chi connectivity index (χ1v) is 9.51. The molecule has 0 aromatic carbocycles. The molecule has 5 nitrogen and oxygen atoms in total. The van der Waals surface area contributed by atoms with Crippen molar-refractivity contribution in [3.8, 4) is 0 Å². The molecule has 102 valence electrons. The zero-order valence-corrected chi connectivity index (χ0v) is 12.1. The molecule has 1 N–H and O–H groups in total. The van der Waals surface area contributed by atoms with E-state index in [-0.39, 0.29) is 23.5 Å². The van der Waals surface area contributed by atoms with Crippen LogP contribution >= 0.6 is 0 Å². The summed E-state index contributed by atoms with van der Waals surface area (Å²) in [6.07, 6.45) is 2.52. The first kappa shape index (κ1) is 14.9. The molecule has 3 unspecified atom stereocenters. The third-order valence-corrected chi connectivity index (χ3v) is 7.12. The Hall–Kier alpha value is -0.140. The molecule has 0 amide bonds. The van der Waals surface area contributed by atoms with Gasteiger partial charge in [0.15, 0.2) is 9.84 Å². The molecule has 0 saturated heterocycles. The van der Waals surface area contributed by atoms with Crippen LogP contribution in [0.15, 0.2) is 0 Å². The van der Waals surface area contributed by atoms with Crippen molar-refractivity contribution in [2.24, 2.45) is 5.92 Å².